The quantitative estimate of drug-likeness (QED) is 0.789. The summed E-state index contributed by atoms with van der Waals surface area (Å²) in [5.74, 6) is 0.254. The van der Waals surface area contributed by atoms with E-state index in [1.165, 1.54) is 6.33 Å². The standard InChI is InChI=1S/C20H21N5O/c1-14-10-18(24-23-14)16-8-5-9-25(12-16)20(26)17-11-21-13-22-19(17)15-6-3-2-4-7-15/h2-4,6-7,10-11,13,16H,5,8-9,12H2,1H3,(H,23,24)/t16-/m0/s1. The van der Waals surface area contributed by atoms with E-state index in [9.17, 15) is 4.79 Å². The van der Waals surface area contributed by atoms with Gasteiger partial charge in [0.15, 0.2) is 0 Å². The van der Waals surface area contributed by atoms with E-state index in [-0.39, 0.29) is 11.8 Å². The van der Waals surface area contributed by atoms with Crippen LogP contribution in [0.5, 0.6) is 0 Å². The monoisotopic (exact) mass is 347 g/mol. The van der Waals surface area contributed by atoms with Crippen molar-refractivity contribution < 1.29 is 4.79 Å². The Balaban J connectivity index is 1.60. The van der Waals surface area contributed by atoms with Gasteiger partial charge in [-0.1, -0.05) is 30.3 Å². The van der Waals surface area contributed by atoms with Gasteiger partial charge >= 0.3 is 0 Å². The lowest BCUT2D eigenvalue weighted by Gasteiger charge is -2.32. The number of rotatable bonds is 3. The Morgan fingerprint density at radius 2 is 2.12 bits per heavy atom. The summed E-state index contributed by atoms with van der Waals surface area (Å²) in [7, 11) is 0. The second-order valence-electron chi connectivity index (χ2n) is 6.72. The second kappa shape index (κ2) is 7.07. The van der Waals surface area contributed by atoms with Gasteiger partial charge in [-0.3, -0.25) is 9.89 Å². The van der Waals surface area contributed by atoms with E-state index in [0.717, 1.165) is 36.3 Å². The number of H-pyrrole nitrogens is 1. The fraction of sp³-hybridized carbons (Fsp3) is 0.300. The average molecular weight is 347 g/mol. The van der Waals surface area contributed by atoms with Crippen LogP contribution in [0.15, 0.2) is 48.9 Å². The number of nitrogens with zero attached hydrogens (tertiary/aromatic N) is 4. The van der Waals surface area contributed by atoms with E-state index in [0.29, 0.717) is 17.8 Å². The fourth-order valence-corrected chi connectivity index (χ4v) is 3.53. The number of carbonyl (C=O) groups excluding carboxylic acids is 1. The number of carbonyl (C=O) groups is 1. The van der Waals surface area contributed by atoms with E-state index in [1.807, 2.05) is 42.2 Å². The molecule has 1 aliphatic rings. The number of aromatic amines is 1. The van der Waals surface area contributed by atoms with Crippen LogP contribution in [0.25, 0.3) is 11.3 Å². The molecule has 0 unspecified atom stereocenters. The summed E-state index contributed by atoms with van der Waals surface area (Å²) in [5.41, 5.74) is 4.24. The minimum Gasteiger partial charge on any atom is -0.338 e. The number of aryl methyl sites for hydroxylation is 1. The van der Waals surface area contributed by atoms with Crippen LogP contribution in [-0.2, 0) is 0 Å². The van der Waals surface area contributed by atoms with E-state index in [1.54, 1.807) is 6.20 Å². The predicted molar refractivity (Wildman–Crippen MR) is 98.7 cm³/mol. The van der Waals surface area contributed by atoms with Gasteiger partial charge in [0.2, 0.25) is 0 Å². The van der Waals surface area contributed by atoms with Crippen molar-refractivity contribution in [3.8, 4) is 11.3 Å². The van der Waals surface area contributed by atoms with Crippen LogP contribution in [-0.4, -0.2) is 44.1 Å². The van der Waals surface area contributed by atoms with E-state index < -0.39 is 0 Å². The maximum Gasteiger partial charge on any atom is 0.257 e. The number of nitrogens with one attached hydrogen (secondary N) is 1. The highest BCUT2D eigenvalue weighted by Crippen LogP contribution is 2.28. The SMILES string of the molecule is Cc1cc([C@H]2CCCN(C(=O)c3cncnc3-c3ccccc3)C2)n[nH]1. The van der Waals surface area contributed by atoms with Crippen molar-refractivity contribution in [2.45, 2.75) is 25.7 Å². The topological polar surface area (TPSA) is 74.8 Å². The van der Waals surface area contributed by atoms with Gasteiger partial charge < -0.3 is 4.90 Å². The summed E-state index contributed by atoms with van der Waals surface area (Å²) >= 11 is 0. The van der Waals surface area contributed by atoms with Crippen LogP contribution in [0, 0.1) is 6.92 Å². The van der Waals surface area contributed by atoms with Gasteiger partial charge in [-0.25, -0.2) is 9.97 Å². The highest BCUT2D eigenvalue weighted by Gasteiger charge is 2.28. The molecule has 1 fully saturated rings. The van der Waals surface area contributed by atoms with Crippen LogP contribution in [0.2, 0.25) is 0 Å². The largest absolute Gasteiger partial charge is 0.338 e. The summed E-state index contributed by atoms with van der Waals surface area (Å²) in [6.07, 6.45) is 5.13. The Labute approximate surface area is 152 Å². The molecule has 3 aromatic rings. The van der Waals surface area contributed by atoms with Crippen LogP contribution in [0.3, 0.4) is 0 Å². The lowest BCUT2D eigenvalue weighted by atomic mass is 9.94. The molecular formula is C20H21N5O. The molecule has 1 aliphatic heterocycles. The van der Waals surface area contributed by atoms with Crippen molar-refractivity contribution in [1.82, 2.24) is 25.1 Å². The van der Waals surface area contributed by atoms with Crippen molar-refractivity contribution in [2.24, 2.45) is 0 Å². The summed E-state index contributed by atoms with van der Waals surface area (Å²) in [5, 5.41) is 7.38. The zero-order valence-electron chi connectivity index (χ0n) is 14.7. The molecule has 6 heteroatoms. The van der Waals surface area contributed by atoms with Gasteiger partial charge in [-0.15, -0.1) is 0 Å². The average Bonchev–Trinajstić information content (AvgIpc) is 3.15. The minimum atomic E-state index is -0.0126. The van der Waals surface area contributed by atoms with E-state index in [2.05, 4.69) is 26.2 Å². The van der Waals surface area contributed by atoms with E-state index >= 15 is 0 Å². The first-order chi connectivity index (χ1) is 12.7. The van der Waals surface area contributed by atoms with Gasteiger partial charge in [0.1, 0.15) is 6.33 Å². The van der Waals surface area contributed by atoms with Gasteiger partial charge in [0.05, 0.1) is 17.0 Å². The van der Waals surface area contributed by atoms with Gasteiger partial charge in [-0.05, 0) is 25.8 Å². The van der Waals surface area contributed by atoms with Crippen LogP contribution in [0.4, 0.5) is 0 Å². The highest BCUT2D eigenvalue weighted by molar-refractivity contribution is 5.99. The summed E-state index contributed by atoms with van der Waals surface area (Å²) < 4.78 is 0. The molecule has 0 spiro atoms. The molecule has 4 rings (SSSR count). The third-order valence-corrected chi connectivity index (χ3v) is 4.84. The van der Waals surface area contributed by atoms with Crippen molar-refractivity contribution in [3.63, 3.8) is 0 Å². The number of aromatic nitrogens is 4. The first-order valence-corrected chi connectivity index (χ1v) is 8.89. The van der Waals surface area contributed by atoms with Crippen molar-refractivity contribution in [3.05, 3.63) is 65.9 Å². The van der Waals surface area contributed by atoms with Gasteiger partial charge in [0.25, 0.3) is 5.91 Å². The predicted octanol–water partition coefficient (Wildman–Crippen LogP) is 3.19. The fourth-order valence-electron chi connectivity index (χ4n) is 3.53. The maximum absolute atomic E-state index is 13.2. The first-order valence-electron chi connectivity index (χ1n) is 8.89. The zero-order valence-corrected chi connectivity index (χ0v) is 14.7. The van der Waals surface area contributed by atoms with Crippen LogP contribution < -0.4 is 0 Å². The molecule has 2 aromatic heterocycles. The number of benzene rings is 1. The first kappa shape index (κ1) is 16.4. The normalized spacial score (nSPS) is 17.3. The Hall–Kier alpha value is -3.02. The molecule has 1 atom stereocenters. The van der Waals surface area contributed by atoms with E-state index in [4.69, 9.17) is 0 Å². The zero-order chi connectivity index (χ0) is 17.9. The molecule has 1 N–H and O–H groups in total. The maximum atomic E-state index is 13.2. The number of hydrogen-bond donors (Lipinski definition) is 1. The summed E-state index contributed by atoms with van der Waals surface area (Å²) in [4.78, 5) is 23.6. The number of hydrogen-bond acceptors (Lipinski definition) is 4. The molecule has 132 valence electrons. The molecule has 0 aliphatic carbocycles. The molecule has 0 radical (unpaired) electrons. The number of amides is 1. The smallest absolute Gasteiger partial charge is 0.257 e. The van der Waals surface area contributed by atoms with Gasteiger partial charge in [0, 0.05) is 36.5 Å². The third kappa shape index (κ3) is 3.22. The molecule has 6 nitrogen and oxygen atoms in total. The van der Waals surface area contributed by atoms with Crippen molar-refractivity contribution in [1.29, 1.82) is 0 Å². The molecule has 3 heterocycles. The lowest BCUT2D eigenvalue weighted by molar-refractivity contribution is 0.0706. The molecule has 0 saturated carbocycles. The molecule has 1 aromatic carbocycles. The molecule has 1 amide bonds. The molecule has 1 saturated heterocycles. The van der Waals surface area contributed by atoms with Crippen LogP contribution >= 0.6 is 0 Å². The number of likely N-dealkylation sites (tertiary alicyclic amines) is 1. The third-order valence-electron chi connectivity index (χ3n) is 4.84. The lowest BCUT2D eigenvalue weighted by Crippen LogP contribution is -2.39. The summed E-state index contributed by atoms with van der Waals surface area (Å²) in [6, 6.07) is 11.8. The Bertz CT molecular complexity index is 905. The number of piperidine rings is 1. The molecule has 0 bridgehead atoms. The summed E-state index contributed by atoms with van der Waals surface area (Å²) in [6.45, 7) is 3.42. The Morgan fingerprint density at radius 3 is 2.88 bits per heavy atom. The van der Waals surface area contributed by atoms with Crippen molar-refractivity contribution >= 4 is 5.91 Å². The second-order valence-corrected chi connectivity index (χ2v) is 6.72. The Morgan fingerprint density at radius 1 is 1.27 bits per heavy atom. The minimum absolute atomic E-state index is 0.0126. The molecular weight excluding hydrogens is 326 g/mol. The van der Waals surface area contributed by atoms with Crippen LogP contribution in [0.1, 0.15) is 40.5 Å². The highest BCUT2D eigenvalue weighted by atomic mass is 16.2. The van der Waals surface area contributed by atoms with Crippen molar-refractivity contribution in [2.75, 3.05) is 13.1 Å². The molecule has 26 heavy (non-hydrogen) atoms. The van der Waals surface area contributed by atoms with Gasteiger partial charge in [-0.2, -0.15) is 5.10 Å². The Kier molecular flexibility index (Phi) is 4.48.